The van der Waals surface area contributed by atoms with E-state index in [0.29, 0.717) is 6.92 Å². The third-order valence-electron chi connectivity index (χ3n) is 5.51. The summed E-state index contributed by atoms with van der Waals surface area (Å²) in [4.78, 5) is 28.1. The van der Waals surface area contributed by atoms with Crippen molar-refractivity contribution < 1.29 is 36.6 Å². The maximum Gasteiger partial charge on any atom is 0.273 e. The normalized spacial score (nSPS) is 23.1. The lowest BCUT2D eigenvalue weighted by atomic mass is 9.84. The molecule has 2 heterocycles. The molecule has 0 saturated carbocycles. The van der Waals surface area contributed by atoms with Gasteiger partial charge in [-0.25, -0.2) is 13.2 Å². The monoisotopic (exact) mass is 455 g/mol. The third kappa shape index (κ3) is 4.24. The van der Waals surface area contributed by atoms with E-state index in [-0.39, 0.29) is 23.4 Å². The fourth-order valence-electron chi connectivity index (χ4n) is 3.63. The van der Waals surface area contributed by atoms with E-state index in [1.165, 1.54) is 24.4 Å². The average Bonchev–Trinajstić information content (AvgIpc) is 3.09. The average molecular weight is 455 g/mol. The van der Waals surface area contributed by atoms with Crippen LogP contribution in [0.3, 0.4) is 0 Å². The molecular weight excluding hydrogens is 434 g/mol. The minimum Gasteiger partial charge on any atom is -0.493 e. The largest absolute Gasteiger partial charge is 0.493 e. The second-order valence-electron chi connectivity index (χ2n) is 7.74. The van der Waals surface area contributed by atoms with E-state index >= 15 is 0 Å². The number of halogens is 4. The molecule has 0 radical (unpaired) electrons. The molecule has 3 N–H and O–H groups in total. The van der Waals surface area contributed by atoms with Crippen molar-refractivity contribution in [2.45, 2.75) is 43.8 Å². The van der Waals surface area contributed by atoms with Crippen LogP contribution in [0.15, 0.2) is 30.5 Å². The number of aromatic nitrogens is 1. The number of rotatable bonds is 6. The van der Waals surface area contributed by atoms with Crippen molar-refractivity contribution in [3.63, 3.8) is 0 Å². The summed E-state index contributed by atoms with van der Waals surface area (Å²) in [6.07, 6.45) is -0.653. The highest BCUT2D eigenvalue weighted by atomic mass is 19.3. The minimum absolute atomic E-state index is 0.00655. The number of carbonyl (C=O) groups excluding carboxylic acids is 2. The number of ether oxygens (including phenoxy) is 2. The summed E-state index contributed by atoms with van der Waals surface area (Å²) in [5.41, 5.74) is 3.10. The molecule has 0 bridgehead atoms. The molecule has 11 heteroatoms. The molecule has 3 rings (SSSR count). The fourth-order valence-corrected chi connectivity index (χ4v) is 3.63. The molecule has 0 aliphatic carbocycles. The van der Waals surface area contributed by atoms with Gasteiger partial charge < -0.3 is 20.5 Å². The zero-order valence-electron chi connectivity index (χ0n) is 17.4. The van der Waals surface area contributed by atoms with E-state index in [1.54, 1.807) is 0 Å². The van der Waals surface area contributed by atoms with Gasteiger partial charge >= 0.3 is 0 Å². The van der Waals surface area contributed by atoms with Gasteiger partial charge in [0.15, 0.2) is 11.6 Å². The van der Waals surface area contributed by atoms with Crippen molar-refractivity contribution >= 4 is 17.5 Å². The van der Waals surface area contributed by atoms with Crippen LogP contribution < -0.4 is 15.8 Å². The second-order valence-corrected chi connectivity index (χ2v) is 7.74. The van der Waals surface area contributed by atoms with Crippen LogP contribution in [0.4, 0.5) is 23.2 Å². The van der Waals surface area contributed by atoms with Crippen LogP contribution in [0.1, 0.15) is 42.2 Å². The summed E-state index contributed by atoms with van der Waals surface area (Å²) in [5.74, 6) is -9.11. The Bertz CT molecular complexity index is 1060. The van der Waals surface area contributed by atoms with Crippen molar-refractivity contribution in [1.29, 1.82) is 0 Å². The number of amides is 2. The lowest BCUT2D eigenvalue weighted by Gasteiger charge is -2.30. The lowest BCUT2D eigenvalue weighted by Crippen LogP contribution is -2.44. The van der Waals surface area contributed by atoms with Crippen molar-refractivity contribution in [3.8, 4) is 5.75 Å². The molecule has 172 valence electrons. The third-order valence-corrected chi connectivity index (χ3v) is 5.51. The van der Waals surface area contributed by atoms with E-state index in [0.717, 1.165) is 20.1 Å². The molecule has 0 unspecified atom stereocenters. The van der Waals surface area contributed by atoms with Gasteiger partial charge in [-0.05, 0) is 31.5 Å². The summed E-state index contributed by atoms with van der Waals surface area (Å²) in [6.45, 7) is 1.78. The van der Waals surface area contributed by atoms with Crippen molar-refractivity contribution in [2.24, 2.45) is 5.73 Å². The van der Waals surface area contributed by atoms with Gasteiger partial charge in [-0.2, -0.15) is 4.39 Å². The van der Waals surface area contributed by atoms with Crippen molar-refractivity contribution in [3.05, 3.63) is 53.4 Å². The molecule has 2 amide bonds. The number of alkyl halides is 2. The summed E-state index contributed by atoms with van der Waals surface area (Å²) in [6, 6.07) is 4.56. The topological polar surface area (TPSA) is 104 Å². The Balaban J connectivity index is 2.01. The van der Waals surface area contributed by atoms with Crippen LogP contribution in [0, 0.1) is 11.6 Å². The molecule has 1 fully saturated rings. The molecule has 1 aliphatic rings. The summed E-state index contributed by atoms with van der Waals surface area (Å²) >= 11 is 0. The number of hydrogen-bond acceptors (Lipinski definition) is 5. The fraction of sp³-hybridized carbons (Fsp3) is 0.381. The minimum atomic E-state index is -3.36. The lowest BCUT2D eigenvalue weighted by molar-refractivity contribution is -0.184. The highest BCUT2D eigenvalue weighted by Crippen LogP contribution is 2.50. The van der Waals surface area contributed by atoms with Crippen LogP contribution >= 0.6 is 0 Å². The number of nitrogens with zero attached hydrogens (tertiary/aromatic N) is 1. The van der Waals surface area contributed by atoms with Crippen molar-refractivity contribution in [1.82, 2.24) is 4.98 Å². The highest BCUT2D eigenvalue weighted by molar-refractivity contribution is 5.97. The van der Waals surface area contributed by atoms with Crippen LogP contribution in [0.2, 0.25) is 0 Å². The smallest absolute Gasteiger partial charge is 0.273 e. The van der Waals surface area contributed by atoms with E-state index in [4.69, 9.17) is 15.2 Å². The van der Waals surface area contributed by atoms with Gasteiger partial charge in [-0.1, -0.05) is 6.07 Å². The Morgan fingerprint density at radius 1 is 1.31 bits per heavy atom. The molecule has 2 aromatic rings. The first-order valence-electron chi connectivity index (χ1n) is 9.52. The predicted molar refractivity (Wildman–Crippen MR) is 106 cm³/mol. The van der Waals surface area contributed by atoms with E-state index < -0.39 is 52.7 Å². The van der Waals surface area contributed by atoms with Gasteiger partial charge in [0.2, 0.25) is 5.82 Å². The number of pyridine rings is 1. The molecule has 32 heavy (non-hydrogen) atoms. The molecule has 1 aromatic heterocycles. The number of hydrogen-bond donors (Lipinski definition) is 2. The SMILES string of the molecule is COc1c([C@@H]2C[C@@](C)(C(C)(F)F)O[C@@H]2C(=O)Nc2ccnc(C(N)=O)c2)ccc(F)c1F. The Morgan fingerprint density at radius 2 is 2.00 bits per heavy atom. The zero-order chi connectivity index (χ0) is 23.8. The van der Waals surface area contributed by atoms with Crippen molar-refractivity contribution in [2.75, 3.05) is 12.4 Å². The standard InChI is InChI=1S/C21H21F4N3O4/c1-20(21(2,24)25)9-12(11-4-5-13(22)15(23)16(11)31-3)17(32-20)19(30)28-10-6-7-27-14(8-10)18(26)29/h4-8,12,17H,9H2,1-3H3,(H2,26,29)(H,27,28,30)/t12-,17-,20-/m0/s1. The Morgan fingerprint density at radius 3 is 2.59 bits per heavy atom. The number of anilines is 1. The van der Waals surface area contributed by atoms with Gasteiger partial charge in [-0.3, -0.25) is 14.6 Å². The Hall–Kier alpha value is -3.21. The molecule has 1 saturated heterocycles. The number of benzene rings is 1. The number of nitrogens with two attached hydrogens (primary N) is 1. The van der Waals surface area contributed by atoms with Crippen LogP contribution in [-0.2, 0) is 9.53 Å². The van der Waals surface area contributed by atoms with Crippen LogP contribution in [-0.4, -0.2) is 41.5 Å². The van der Waals surface area contributed by atoms with Crippen LogP contribution in [0.25, 0.3) is 0 Å². The first-order valence-corrected chi connectivity index (χ1v) is 9.52. The maximum absolute atomic E-state index is 14.4. The molecule has 1 aromatic carbocycles. The van der Waals surface area contributed by atoms with Gasteiger partial charge in [0.05, 0.1) is 7.11 Å². The molecule has 0 spiro atoms. The predicted octanol–water partition coefficient (Wildman–Crippen LogP) is 3.39. The first kappa shape index (κ1) is 23.5. The van der Waals surface area contributed by atoms with Gasteiger partial charge in [0.25, 0.3) is 17.7 Å². The zero-order valence-corrected chi connectivity index (χ0v) is 17.4. The van der Waals surface area contributed by atoms with E-state index in [2.05, 4.69) is 10.3 Å². The molecule has 1 aliphatic heterocycles. The Labute approximate surface area is 180 Å². The molecule has 7 nitrogen and oxygen atoms in total. The maximum atomic E-state index is 14.4. The van der Waals surface area contributed by atoms with E-state index in [9.17, 15) is 27.2 Å². The molecular formula is C21H21F4N3O4. The number of carbonyl (C=O) groups is 2. The second kappa shape index (κ2) is 8.38. The van der Waals surface area contributed by atoms with Gasteiger partial charge in [0.1, 0.15) is 17.4 Å². The van der Waals surface area contributed by atoms with Crippen LogP contribution in [0.5, 0.6) is 5.75 Å². The number of nitrogens with one attached hydrogen (secondary N) is 1. The molecule has 3 atom stereocenters. The van der Waals surface area contributed by atoms with Gasteiger partial charge in [0, 0.05) is 30.3 Å². The number of methoxy groups -OCH3 is 1. The highest BCUT2D eigenvalue weighted by Gasteiger charge is 2.58. The summed E-state index contributed by atoms with van der Waals surface area (Å²) < 4.78 is 67.2. The quantitative estimate of drug-likeness (QED) is 0.650. The summed E-state index contributed by atoms with van der Waals surface area (Å²) in [5, 5.41) is 2.47. The Kier molecular flexibility index (Phi) is 6.14. The number of primary amides is 1. The first-order chi connectivity index (χ1) is 14.9. The summed E-state index contributed by atoms with van der Waals surface area (Å²) in [7, 11) is 1.10. The van der Waals surface area contributed by atoms with E-state index in [1.807, 2.05) is 0 Å². The van der Waals surface area contributed by atoms with Gasteiger partial charge in [-0.15, -0.1) is 0 Å².